The minimum absolute atomic E-state index is 0. The SMILES string of the molecule is C.C.CC[C@@H](O)CC[C@@H](C)[C@H]1CC[C@H]2[C@@H]3CC=C4C[C@](O)(CC)CC[C@@H]4[C@H]3CC[C@]12C.CC[C@@H](O)CC[C@@H](C)[C@H]1CC[C@H]2[C@@H]3CC[C@H]4C[C@](O)(CC)CC[C@@H]4[C@H]3CC[C@]12C. The summed E-state index contributed by atoms with van der Waals surface area (Å²) >= 11 is 0. The number of fused-ring (bicyclic) bond motifs is 10. The second-order valence-electron chi connectivity index (χ2n) is 23.8. The van der Waals surface area contributed by atoms with E-state index in [9.17, 15) is 20.4 Å². The van der Waals surface area contributed by atoms with Crippen LogP contribution in [0.3, 0.4) is 0 Å². The molecule has 7 fully saturated rings. The summed E-state index contributed by atoms with van der Waals surface area (Å²) < 4.78 is 0. The van der Waals surface area contributed by atoms with Crippen molar-refractivity contribution in [2.24, 2.45) is 87.8 Å². The largest absolute Gasteiger partial charge is 0.393 e. The molecule has 0 spiro atoms. The molecule has 4 nitrogen and oxygen atoms in total. The zero-order valence-electron chi connectivity index (χ0n) is 39.2. The van der Waals surface area contributed by atoms with Crippen LogP contribution in [0.1, 0.15) is 231 Å². The summed E-state index contributed by atoms with van der Waals surface area (Å²) in [5.41, 5.74) is 1.90. The molecule has 0 aromatic heterocycles. The van der Waals surface area contributed by atoms with E-state index in [2.05, 4.69) is 61.5 Å². The van der Waals surface area contributed by atoms with Crippen molar-refractivity contribution in [1.29, 1.82) is 0 Å². The molecule has 0 aromatic carbocycles. The van der Waals surface area contributed by atoms with Gasteiger partial charge in [-0.1, -0.05) is 81.9 Å². The molecule has 0 bridgehead atoms. The van der Waals surface area contributed by atoms with Gasteiger partial charge in [-0.2, -0.15) is 0 Å². The number of rotatable bonds is 12. The monoisotopic (exact) mass is 839 g/mol. The van der Waals surface area contributed by atoms with Gasteiger partial charge in [-0.3, -0.25) is 0 Å². The third-order valence-electron chi connectivity index (χ3n) is 21.4. The van der Waals surface area contributed by atoms with E-state index >= 15 is 0 Å². The van der Waals surface area contributed by atoms with Gasteiger partial charge in [0.2, 0.25) is 0 Å². The Morgan fingerprint density at radius 1 is 0.567 bits per heavy atom. The van der Waals surface area contributed by atoms with Gasteiger partial charge in [0.25, 0.3) is 0 Å². The summed E-state index contributed by atoms with van der Waals surface area (Å²) in [6.45, 7) is 18.8. The lowest BCUT2D eigenvalue weighted by molar-refractivity contribution is -0.109. The van der Waals surface area contributed by atoms with E-state index in [1.807, 2.05) is 0 Å². The summed E-state index contributed by atoms with van der Waals surface area (Å²) in [6.07, 6.45) is 32.5. The maximum Gasteiger partial charge on any atom is 0.0682 e. The molecule has 19 atom stereocenters. The molecule has 8 aliphatic rings. The summed E-state index contributed by atoms with van der Waals surface area (Å²) in [4.78, 5) is 0. The van der Waals surface area contributed by atoms with Crippen molar-refractivity contribution >= 4 is 0 Å². The maximum atomic E-state index is 10.9. The number of aliphatic hydroxyl groups excluding tert-OH is 2. The van der Waals surface area contributed by atoms with E-state index < -0.39 is 5.60 Å². The van der Waals surface area contributed by atoms with E-state index in [0.717, 1.165) is 141 Å². The van der Waals surface area contributed by atoms with Crippen molar-refractivity contribution in [2.45, 2.75) is 254 Å². The first-order valence-electron chi connectivity index (χ1n) is 26.1. The summed E-state index contributed by atoms with van der Waals surface area (Å²) in [5, 5.41) is 41.8. The lowest BCUT2D eigenvalue weighted by atomic mass is 9.48. The summed E-state index contributed by atoms with van der Waals surface area (Å²) in [7, 11) is 0. The van der Waals surface area contributed by atoms with E-state index in [4.69, 9.17) is 0 Å². The number of hydrogen-bond acceptors (Lipinski definition) is 4. The molecule has 0 radical (unpaired) electrons. The van der Waals surface area contributed by atoms with Crippen LogP contribution in [-0.4, -0.2) is 43.8 Å². The molecule has 7 saturated carbocycles. The van der Waals surface area contributed by atoms with Crippen LogP contribution in [0.2, 0.25) is 0 Å². The van der Waals surface area contributed by atoms with Gasteiger partial charge in [0, 0.05) is 0 Å². The third kappa shape index (κ3) is 9.74. The minimum Gasteiger partial charge on any atom is -0.393 e. The van der Waals surface area contributed by atoms with Crippen LogP contribution in [0, 0.1) is 87.8 Å². The fourth-order valence-electron chi connectivity index (χ4n) is 17.6. The van der Waals surface area contributed by atoms with Gasteiger partial charge in [0.05, 0.1) is 23.4 Å². The predicted molar refractivity (Wildman–Crippen MR) is 255 cm³/mol. The molecule has 60 heavy (non-hydrogen) atoms. The molecule has 0 aliphatic heterocycles. The quantitative estimate of drug-likeness (QED) is 0.148. The lowest BCUT2D eigenvalue weighted by Crippen LogP contribution is -2.51. The average molecular weight is 839 g/mol. The molecule has 4 N–H and O–H groups in total. The van der Waals surface area contributed by atoms with Crippen molar-refractivity contribution in [3.8, 4) is 0 Å². The first-order valence-corrected chi connectivity index (χ1v) is 26.1. The molecular weight excluding hydrogens is 737 g/mol. The lowest BCUT2D eigenvalue weighted by Gasteiger charge is -2.57. The van der Waals surface area contributed by atoms with Crippen LogP contribution in [0.5, 0.6) is 0 Å². The standard InChI is InChI=1S/C27H48O2.C27H46O2.2CH4/c2*1-5-20(28)9-7-18(3)24-11-12-25-23-10-8-19-17-27(29,6-2)16-14-21(19)22(23)13-15-26(24,25)4;;/h18-25,28-29H,5-17H2,1-4H3;8,18,20-25,28-29H,5-7,9-17H2,1-4H3;2*1H4/t18-,19+,20-,21+,22-,23-,24-,25+,26-,27+;18-,20-,21+,22-,23-,24-,25+,26-,27+;;/m11../s1. The zero-order valence-corrected chi connectivity index (χ0v) is 39.2. The second-order valence-corrected chi connectivity index (χ2v) is 23.8. The highest BCUT2D eigenvalue weighted by molar-refractivity contribution is 5.22. The Kier molecular flexibility index (Phi) is 17.2. The zero-order chi connectivity index (χ0) is 41.6. The predicted octanol–water partition coefficient (Wildman–Crippen LogP) is 14.4. The number of aliphatic hydroxyl groups is 4. The molecule has 0 amide bonds. The van der Waals surface area contributed by atoms with Crippen LogP contribution < -0.4 is 0 Å². The smallest absolute Gasteiger partial charge is 0.0682 e. The fourth-order valence-corrected chi connectivity index (χ4v) is 17.6. The molecule has 0 heterocycles. The van der Waals surface area contributed by atoms with Gasteiger partial charge in [-0.05, 0) is 248 Å². The Morgan fingerprint density at radius 2 is 1.08 bits per heavy atom. The first-order chi connectivity index (χ1) is 27.6. The summed E-state index contributed by atoms with van der Waals surface area (Å²) in [6, 6.07) is 0. The van der Waals surface area contributed by atoms with E-state index in [-0.39, 0.29) is 32.7 Å². The Balaban J connectivity index is 0.000000220. The van der Waals surface area contributed by atoms with Crippen LogP contribution in [0.4, 0.5) is 0 Å². The van der Waals surface area contributed by atoms with E-state index in [0.29, 0.717) is 10.8 Å². The normalized spacial score (nSPS) is 46.1. The molecule has 0 aromatic rings. The van der Waals surface area contributed by atoms with Gasteiger partial charge in [0.15, 0.2) is 0 Å². The minimum atomic E-state index is -0.421. The highest BCUT2D eigenvalue weighted by Crippen LogP contribution is 2.67. The second kappa shape index (κ2) is 20.4. The molecule has 8 aliphatic carbocycles. The number of hydrogen-bond donors (Lipinski definition) is 4. The molecule has 0 saturated heterocycles. The van der Waals surface area contributed by atoms with Crippen LogP contribution >= 0.6 is 0 Å². The van der Waals surface area contributed by atoms with Gasteiger partial charge in [0.1, 0.15) is 0 Å². The Labute approximate surface area is 372 Å². The molecule has 4 heteroatoms. The third-order valence-corrected chi connectivity index (χ3v) is 21.4. The van der Waals surface area contributed by atoms with Crippen molar-refractivity contribution in [3.05, 3.63) is 11.6 Å². The highest BCUT2D eigenvalue weighted by atomic mass is 16.3. The first kappa shape index (κ1) is 50.6. The van der Waals surface area contributed by atoms with Gasteiger partial charge < -0.3 is 20.4 Å². The topological polar surface area (TPSA) is 80.9 Å². The van der Waals surface area contributed by atoms with Gasteiger partial charge in [-0.25, -0.2) is 0 Å². The average Bonchev–Trinajstić information content (AvgIpc) is 3.78. The molecule has 0 unspecified atom stereocenters. The van der Waals surface area contributed by atoms with E-state index in [1.165, 1.54) is 96.3 Å². The van der Waals surface area contributed by atoms with Crippen molar-refractivity contribution in [1.82, 2.24) is 0 Å². The molecular formula is C56H102O4. The van der Waals surface area contributed by atoms with Gasteiger partial charge in [-0.15, -0.1) is 0 Å². The molecule has 8 rings (SSSR count). The van der Waals surface area contributed by atoms with Crippen LogP contribution in [0.15, 0.2) is 11.6 Å². The number of allylic oxidation sites excluding steroid dienone is 1. The molecule has 350 valence electrons. The maximum absolute atomic E-state index is 10.9. The van der Waals surface area contributed by atoms with E-state index in [1.54, 1.807) is 5.57 Å². The van der Waals surface area contributed by atoms with Crippen LogP contribution in [0.25, 0.3) is 0 Å². The van der Waals surface area contributed by atoms with Crippen LogP contribution in [-0.2, 0) is 0 Å². The highest BCUT2D eigenvalue weighted by Gasteiger charge is 2.59. The van der Waals surface area contributed by atoms with Crippen molar-refractivity contribution in [2.75, 3.05) is 0 Å². The Hall–Kier alpha value is -0.420. The van der Waals surface area contributed by atoms with Crippen molar-refractivity contribution in [3.63, 3.8) is 0 Å². The fraction of sp³-hybridized carbons (Fsp3) is 0.964. The Bertz CT molecular complexity index is 1380. The Morgan fingerprint density at radius 3 is 1.63 bits per heavy atom. The van der Waals surface area contributed by atoms with Gasteiger partial charge >= 0.3 is 0 Å². The summed E-state index contributed by atoms with van der Waals surface area (Å²) in [5.74, 6) is 11.2. The van der Waals surface area contributed by atoms with Crippen molar-refractivity contribution < 1.29 is 20.4 Å².